The first-order valence-corrected chi connectivity index (χ1v) is 14.1. The zero-order valence-corrected chi connectivity index (χ0v) is 21.6. The van der Waals surface area contributed by atoms with E-state index in [4.69, 9.17) is 21.1 Å². The number of halogens is 1. The molecule has 0 spiro atoms. The number of piperidine rings is 1. The maximum absolute atomic E-state index is 13.7. The number of sulfonamides is 1. The number of methoxy groups -OCH3 is 1. The molecule has 0 radical (unpaired) electrons. The number of amides is 1. The monoisotopic (exact) mass is 513 g/mol. The van der Waals surface area contributed by atoms with Crippen molar-refractivity contribution in [2.75, 3.05) is 46.5 Å². The van der Waals surface area contributed by atoms with E-state index in [1.165, 1.54) is 0 Å². The Balaban J connectivity index is 1.43. The second kappa shape index (κ2) is 11.1. The van der Waals surface area contributed by atoms with Crippen LogP contribution in [0.5, 0.6) is 0 Å². The highest BCUT2D eigenvalue weighted by molar-refractivity contribution is 7.89. The minimum Gasteiger partial charge on any atom is -0.448 e. The summed E-state index contributed by atoms with van der Waals surface area (Å²) in [5.41, 5.74) is 0. The smallest absolute Gasteiger partial charge is 0.410 e. The lowest BCUT2D eigenvalue weighted by molar-refractivity contribution is 0.0266. The fourth-order valence-electron chi connectivity index (χ4n) is 5.25. The van der Waals surface area contributed by atoms with Gasteiger partial charge in [0, 0.05) is 50.4 Å². The molecule has 2 aliphatic heterocycles. The number of hydrogen-bond acceptors (Lipinski definition) is 6. The number of ether oxygens (including phenoxy) is 2. The lowest BCUT2D eigenvalue weighted by Gasteiger charge is -2.42. The predicted octanol–water partition coefficient (Wildman–Crippen LogP) is 3.45. The third kappa shape index (κ3) is 5.87. The van der Waals surface area contributed by atoms with E-state index in [-0.39, 0.29) is 35.7 Å². The summed E-state index contributed by atoms with van der Waals surface area (Å²) in [6, 6.07) is 5.95. The molecule has 0 unspecified atom stereocenters. The van der Waals surface area contributed by atoms with Crippen molar-refractivity contribution >= 4 is 27.7 Å². The van der Waals surface area contributed by atoms with Crippen LogP contribution in [0.15, 0.2) is 29.2 Å². The summed E-state index contributed by atoms with van der Waals surface area (Å²) in [6.07, 6.45) is 4.20. The van der Waals surface area contributed by atoms with Crippen molar-refractivity contribution in [3.8, 4) is 0 Å². The quantitative estimate of drug-likeness (QED) is 0.529. The van der Waals surface area contributed by atoms with Gasteiger partial charge in [0.05, 0.1) is 17.5 Å². The maximum Gasteiger partial charge on any atom is 0.410 e. The van der Waals surface area contributed by atoms with Crippen molar-refractivity contribution in [3.05, 3.63) is 29.3 Å². The van der Waals surface area contributed by atoms with Gasteiger partial charge < -0.3 is 14.4 Å². The lowest BCUT2D eigenvalue weighted by Crippen LogP contribution is -2.56. The normalized spacial score (nSPS) is 27.0. The van der Waals surface area contributed by atoms with Crippen LogP contribution in [-0.2, 0) is 19.5 Å². The number of hydrogen-bond donors (Lipinski definition) is 0. The molecule has 0 bridgehead atoms. The summed E-state index contributed by atoms with van der Waals surface area (Å²) in [6.45, 7) is 5.72. The number of carbonyl (C=O) groups is 1. The van der Waals surface area contributed by atoms with Gasteiger partial charge in [0.2, 0.25) is 10.0 Å². The number of benzene rings is 1. The van der Waals surface area contributed by atoms with E-state index in [2.05, 4.69) is 4.90 Å². The summed E-state index contributed by atoms with van der Waals surface area (Å²) >= 11 is 5.99. The van der Waals surface area contributed by atoms with E-state index < -0.39 is 10.0 Å². The summed E-state index contributed by atoms with van der Waals surface area (Å²) in [5, 5.41) is 0.498. The van der Waals surface area contributed by atoms with Crippen molar-refractivity contribution in [1.82, 2.24) is 14.1 Å². The van der Waals surface area contributed by atoms with Gasteiger partial charge in [-0.15, -0.1) is 0 Å². The minimum absolute atomic E-state index is 0.0255. The molecule has 3 aliphatic rings. The number of rotatable bonds is 8. The molecule has 190 valence electrons. The highest BCUT2D eigenvalue weighted by Gasteiger charge is 2.46. The van der Waals surface area contributed by atoms with Gasteiger partial charge in [-0.05, 0) is 62.8 Å². The van der Waals surface area contributed by atoms with Gasteiger partial charge in [0.1, 0.15) is 6.61 Å². The summed E-state index contributed by atoms with van der Waals surface area (Å²) in [7, 11) is -2.04. The van der Waals surface area contributed by atoms with E-state index >= 15 is 0 Å². The summed E-state index contributed by atoms with van der Waals surface area (Å²) in [4.78, 5) is 17.2. The van der Waals surface area contributed by atoms with Crippen molar-refractivity contribution in [2.24, 2.45) is 5.92 Å². The van der Waals surface area contributed by atoms with Crippen LogP contribution in [0.25, 0.3) is 0 Å². The van der Waals surface area contributed by atoms with Gasteiger partial charge >= 0.3 is 6.09 Å². The Bertz CT molecular complexity index is 940. The van der Waals surface area contributed by atoms with Gasteiger partial charge in [-0.1, -0.05) is 18.0 Å². The van der Waals surface area contributed by atoms with Crippen LogP contribution in [0.2, 0.25) is 5.02 Å². The second-order valence-corrected chi connectivity index (χ2v) is 12.0. The average Bonchev–Trinajstić information content (AvgIpc) is 3.67. The molecule has 3 fully saturated rings. The predicted molar refractivity (Wildman–Crippen MR) is 130 cm³/mol. The molecule has 1 aliphatic carbocycles. The molecule has 0 aromatic heterocycles. The molecule has 8 nitrogen and oxygen atoms in total. The Morgan fingerprint density at radius 2 is 1.85 bits per heavy atom. The molecule has 2 saturated heterocycles. The minimum atomic E-state index is -3.73. The van der Waals surface area contributed by atoms with Crippen molar-refractivity contribution in [1.29, 1.82) is 0 Å². The number of piperazine rings is 1. The third-order valence-corrected chi connectivity index (χ3v) is 9.48. The van der Waals surface area contributed by atoms with Crippen LogP contribution in [0, 0.1) is 5.92 Å². The zero-order valence-electron chi connectivity index (χ0n) is 20.1. The number of carbonyl (C=O) groups excluding carboxylic acids is 1. The van der Waals surface area contributed by atoms with Crippen LogP contribution in [-0.4, -0.2) is 93.2 Å². The fourth-order valence-corrected chi connectivity index (χ4v) is 7.29. The van der Waals surface area contributed by atoms with Crippen LogP contribution >= 0.6 is 11.6 Å². The van der Waals surface area contributed by atoms with Gasteiger partial charge in [0.15, 0.2) is 0 Å². The SMILES string of the molecule is COCCN1CCN(C(=O)OC[C@H]2CCC[C@@H](C3CC3)N2S(=O)(=O)c2ccc(Cl)cc2)[C@H](C)C1. The largest absolute Gasteiger partial charge is 0.448 e. The molecule has 1 amide bonds. The lowest BCUT2D eigenvalue weighted by atomic mass is 9.96. The van der Waals surface area contributed by atoms with Crippen LogP contribution in [0.1, 0.15) is 39.0 Å². The van der Waals surface area contributed by atoms with E-state index in [0.29, 0.717) is 30.5 Å². The molecule has 3 atom stereocenters. The van der Waals surface area contributed by atoms with Crippen LogP contribution in [0.4, 0.5) is 4.79 Å². The molecule has 34 heavy (non-hydrogen) atoms. The molecular formula is C24H36ClN3O5S. The Morgan fingerprint density at radius 3 is 2.50 bits per heavy atom. The molecule has 1 aromatic carbocycles. The topological polar surface area (TPSA) is 79.4 Å². The van der Waals surface area contributed by atoms with E-state index in [0.717, 1.165) is 45.3 Å². The van der Waals surface area contributed by atoms with Gasteiger partial charge in [-0.2, -0.15) is 4.31 Å². The molecule has 2 heterocycles. The fraction of sp³-hybridized carbons (Fsp3) is 0.708. The third-order valence-electron chi connectivity index (χ3n) is 7.24. The first-order chi connectivity index (χ1) is 16.3. The van der Waals surface area contributed by atoms with Gasteiger partial charge in [0.25, 0.3) is 0 Å². The molecular weight excluding hydrogens is 478 g/mol. The standard InChI is InChI=1S/C24H36ClN3O5S/c1-18-16-26(14-15-32-2)12-13-27(18)24(29)33-17-21-4-3-5-23(19-6-7-19)28(21)34(30,31)22-10-8-20(25)9-11-22/h8-11,18-19,21,23H,3-7,12-17H2,1-2H3/t18-,21-,23+/m1/s1. The Morgan fingerprint density at radius 1 is 1.12 bits per heavy atom. The Labute approximate surface area is 208 Å². The molecule has 1 aromatic rings. The van der Waals surface area contributed by atoms with E-state index in [1.54, 1.807) is 40.6 Å². The van der Waals surface area contributed by atoms with E-state index in [1.807, 2.05) is 6.92 Å². The molecule has 1 saturated carbocycles. The number of nitrogens with zero attached hydrogens (tertiary/aromatic N) is 3. The first-order valence-electron chi connectivity index (χ1n) is 12.2. The molecule has 4 rings (SSSR count). The van der Waals surface area contributed by atoms with E-state index in [9.17, 15) is 13.2 Å². The zero-order chi connectivity index (χ0) is 24.3. The van der Waals surface area contributed by atoms with Crippen molar-refractivity contribution < 1.29 is 22.7 Å². The highest BCUT2D eigenvalue weighted by Crippen LogP contribution is 2.43. The van der Waals surface area contributed by atoms with Crippen LogP contribution < -0.4 is 0 Å². The first kappa shape index (κ1) is 25.7. The maximum atomic E-state index is 13.7. The molecule has 0 N–H and O–H groups in total. The average molecular weight is 514 g/mol. The molecule has 10 heteroatoms. The van der Waals surface area contributed by atoms with Crippen molar-refractivity contribution in [3.63, 3.8) is 0 Å². The second-order valence-electron chi connectivity index (χ2n) is 9.69. The summed E-state index contributed by atoms with van der Waals surface area (Å²) < 4.78 is 39.9. The van der Waals surface area contributed by atoms with Gasteiger partial charge in [-0.25, -0.2) is 13.2 Å². The summed E-state index contributed by atoms with van der Waals surface area (Å²) in [5.74, 6) is 0.390. The van der Waals surface area contributed by atoms with Gasteiger partial charge in [-0.3, -0.25) is 4.90 Å². The van der Waals surface area contributed by atoms with Crippen molar-refractivity contribution in [2.45, 2.75) is 62.0 Å². The highest BCUT2D eigenvalue weighted by atomic mass is 35.5. The Hall–Kier alpha value is -1.39. The Kier molecular flexibility index (Phi) is 8.40. The van der Waals surface area contributed by atoms with Crippen LogP contribution in [0.3, 0.4) is 0 Å².